The minimum Gasteiger partial charge on any atom is -0.380 e. The molecule has 84 valence electrons. The standard InChI is InChI=1S/C12H20N2O/c1-3-8-15-9-7-14-11(2)12-5-4-6-13-10-12/h4-6,10-11,14H,3,7-9H2,1-2H3/t11-/m0/s1. The molecule has 1 rings (SSSR count). The zero-order valence-electron chi connectivity index (χ0n) is 9.57. The third kappa shape index (κ3) is 4.91. The highest BCUT2D eigenvalue weighted by Crippen LogP contribution is 2.08. The number of rotatable bonds is 7. The van der Waals surface area contributed by atoms with E-state index in [9.17, 15) is 0 Å². The van der Waals surface area contributed by atoms with Gasteiger partial charge in [0.15, 0.2) is 0 Å². The maximum absolute atomic E-state index is 5.39. The molecule has 0 unspecified atom stereocenters. The van der Waals surface area contributed by atoms with Gasteiger partial charge in [0.2, 0.25) is 0 Å². The lowest BCUT2D eigenvalue weighted by Crippen LogP contribution is -2.23. The SMILES string of the molecule is CCCOCCN[C@@H](C)c1cccnc1. The van der Waals surface area contributed by atoms with Crippen molar-refractivity contribution in [2.75, 3.05) is 19.8 Å². The first-order chi connectivity index (χ1) is 7.34. The molecule has 0 radical (unpaired) electrons. The number of hydrogen-bond donors (Lipinski definition) is 1. The van der Waals surface area contributed by atoms with Crippen LogP contribution in [0.15, 0.2) is 24.5 Å². The molecule has 0 aromatic carbocycles. The second-order valence-corrected chi connectivity index (χ2v) is 3.57. The quantitative estimate of drug-likeness (QED) is 0.697. The van der Waals surface area contributed by atoms with Crippen LogP contribution < -0.4 is 5.32 Å². The van der Waals surface area contributed by atoms with Crippen molar-refractivity contribution in [1.29, 1.82) is 0 Å². The van der Waals surface area contributed by atoms with Crippen molar-refractivity contribution < 1.29 is 4.74 Å². The van der Waals surface area contributed by atoms with E-state index in [1.54, 1.807) is 6.20 Å². The van der Waals surface area contributed by atoms with Crippen molar-refractivity contribution in [3.63, 3.8) is 0 Å². The Labute approximate surface area is 91.9 Å². The molecule has 0 aliphatic heterocycles. The maximum atomic E-state index is 5.39. The van der Waals surface area contributed by atoms with Gasteiger partial charge in [-0.25, -0.2) is 0 Å². The Morgan fingerprint density at radius 3 is 3.00 bits per heavy atom. The Morgan fingerprint density at radius 2 is 2.33 bits per heavy atom. The van der Waals surface area contributed by atoms with Crippen molar-refractivity contribution in [2.45, 2.75) is 26.3 Å². The average molecular weight is 208 g/mol. The van der Waals surface area contributed by atoms with Crippen LogP contribution >= 0.6 is 0 Å². The Bertz CT molecular complexity index is 251. The van der Waals surface area contributed by atoms with E-state index < -0.39 is 0 Å². The van der Waals surface area contributed by atoms with E-state index in [0.29, 0.717) is 6.04 Å². The molecule has 0 fully saturated rings. The molecule has 15 heavy (non-hydrogen) atoms. The normalized spacial score (nSPS) is 12.7. The van der Waals surface area contributed by atoms with Gasteiger partial charge in [0.25, 0.3) is 0 Å². The second kappa shape index (κ2) is 7.37. The van der Waals surface area contributed by atoms with Crippen LogP contribution in [-0.4, -0.2) is 24.7 Å². The lowest BCUT2D eigenvalue weighted by molar-refractivity contribution is 0.135. The smallest absolute Gasteiger partial charge is 0.0591 e. The maximum Gasteiger partial charge on any atom is 0.0591 e. The highest BCUT2D eigenvalue weighted by atomic mass is 16.5. The zero-order valence-corrected chi connectivity index (χ0v) is 9.57. The van der Waals surface area contributed by atoms with Gasteiger partial charge in [0.05, 0.1) is 6.61 Å². The van der Waals surface area contributed by atoms with Gasteiger partial charge in [-0.15, -0.1) is 0 Å². The molecule has 0 aliphatic rings. The summed E-state index contributed by atoms with van der Waals surface area (Å²) in [4.78, 5) is 4.09. The molecule has 0 saturated heterocycles. The summed E-state index contributed by atoms with van der Waals surface area (Å²) < 4.78 is 5.39. The highest BCUT2D eigenvalue weighted by Gasteiger charge is 2.02. The zero-order chi connectivity index (χ0) is 10.9. The topological polar surface area (TPSA) is 34.1 Å². The molecular weight excluding hydrogens is 188 g/mol. The molecule has 1 aromatic heterocycles. The molecule has 3 nitrogen and oxygen atoms in total. The Kier molecular flexibility index (Phi) is 5.97. The summed E-state index contributed by atoms with van der Waals surface area (Å²) in [5.74, 6) is 0. The molecule has 1 heterocycles. The van der Waals surface area contributed by atoms with E-state index in [-0.39, 0.29) is 0 Å². The first kappa shape index (κ1) is 12.1. The number of pyridine rings is 1. The van der Waals surface area contributed by atoms with E-state index in [1.807, 2.05) is 12.3 Å². The number of ether oxygens (including phenoxy) is 1. The first-order valence-electron chi connectivity index (χ1n) is 5.55. The predicted octanol–water partition coefficient (Wildman–Crippen LogP) is 2.16. The summed E-state index contributed by atoms with van der Waals surface area (Å²) in [6.45, 7) is 6.76. The van der Waals surface area contributed by atoms with Gasteiger partial charge < -0.3 is 10.1 Å². The van der Waals surface area contributed by atoms with Crippen molar-refractivity contribution in [1.82, 2.24) is 10.3 Å². The van der Waals surface area contributed by atoms with E-state index in [1.165, 1.54) is 5.56 Å². The summed E-state index contributed by atoms with van der Waals surface area (Å²) in [5.41, 5.74) is 1.22. The number of hydrogen-bond acceptors (Lipinski definition) is 3. The van der Waals surface area contributed by atoms with Gasteiger partial charge in [-0.05, 0) is 25.0 Å². The molecule has 0 aliphatic carbocycles. The van der Waals surface area contributed by atoms with Gasteiger partial charge in [0.1, 0.15) is 0 Å². The first-order valence-corrected chi connectivity index (χ1v) is 5.55. The fraction of sp³-hybridized carbons (Fsp3) is 0.583. The Hall–Kier alpha value is -0.930. The van der Waals surface area contributed by atoms with Crippen LogP contribution in [0.25, 0.3) is 0 Å². The van der Waals surface area contributed by atoms with Crippen LogP contribution in [0.1, 0.15) is 31.9 Å². The van der Waals surface area contributed by atoms with Crippen LogP contribution in [0, 0.1) is 0 Å². The number of nitrogens with zero attached hydrogens (tertiary/aromatic N) is 1. The summed E-state index contributed by atoms with van der Waals surface area (Å²) in [5, 5.41) is 3.39. The third-order valence-electron chi connectivity index (χ3n) is 2.23. The lowest BCUT2D eigenvalue weighted by Gasteiger charge is -2.13. The van der Waals surface area contributed by atoms with Crippen LogP contribution in [0.4, 0.5) is 0 Å². The van der Waals surface area contributed by atoms with Gasteiger partial charge in [-0.1, -0.05) is 13.0 Å². The van der Waals surface area contributed by atoms with Crippen LogP contribution in [0.5, 0.6) is 0 Å². The van der Waals surface area contributed by atoms with Crippen LogP contribution in [0.3, 0.4) is 0 Å². The van der Waals surface area contributed by atoms with Gasteiger partial charge >= 0.3 is 0 Å². The van der Waals surface area contributed by atoms with Gasteiger partial charge in [0, 0.05) is 31.6 Å². The minimum atomic E-state index is 0.337. The molecule has 0 spiro atoms. The van der Waals surface area contributed by atoms with E-state index in [4.69, 9.17) is 4.74 Å². The van der Waals surface area contributed by atoms with Crippen molar-refractivity contribution in [3.8, 4) is 0 Å². The van der Waals surface area contributed by atoms with Crippen molar-refractivity contribution in [3.05, 3.63) is 30.1 Å². The third-order valence-corrected chi connectivity index (χ3v) is 2.23. The lowest BCUT2D eigenvalue weighted by atomic mass is 10.1. The van der Waals surface area contributed by atoms with Crippen LogP contribution in [-0.2, 0) is 4.74 Å². The van der Waals surface area contributed by atoms with Gasteiger partial charge in [-0.3, -0.25) is 4.98 Å². The Morgan fingerprint density at radius 1 is 1.47 bits per heavy atom. The second-order valence-electron chi connectivity index (χ2n) is 3.57. The molecule has 3 heteroatoms. The molecule has 0 saturated carbocycles. The highest BCUT2D eigenvalue weighted by molar-refractivity contribution is 5.12. The molecule has 0 bridgehead atoms. The Balaban J connectivity index is 2.16. The van der Waals surface area contributed by atoms with E-state index >= 15 is 0 Å². The summed E-state index contributed by atoms with van der Waals surface area (Å²) in [6.07, 6.45) is 4.77. The van der Waals surface area contributed by atoms with E-state index in [2.05, 4.69) is 30.2 Å². The monoisotopic (exact) mass is 208 g/mol. The number of aromatic nitrogens is 1. The summed E-state index contributed by atoms with van der Waals surface area (Å²) in [6, 6.07) is 4.38. The summed E-state index contributed by atoms with van der Waals surface area (Å²) >= 11 is 0. The van der Waals surface area contributed by atoms with Gasteiger partial charge in [-0.2, -0.15) is 0 Å². The minimum absolute atomic E-state index is 0.337. The van der Waals surface area contributed by atoms with Crippen LogP contribution in [0.2, 0.25) is 0 Å². The molecule has 1 aromatic rings. The fourth-order valence-electron chi connectivity index (χ4n) is 1.34. The molecule has 1 N–H and O–H groups in total. The number of nitrogens with one attached hydrogen (secondary N) is 1. The summed E-state index contributed by atoms with van der Waals surface area (Å²) in [7, 11) is 0. The molecule has 0 amide bonds. The van der Waals surface area contributed by atoms with Crippen molar-refractivity contribution in [2.24, 2.45) is 0 Å². The average Bonchev–Trinajstić information content (AvgIpc) is 2.30. The fourth-order valence-corrected chi connectivity index (χ4v) is 1.34. The predicted molar refractivity (Wildman–Crippen MR) is 61.8 cm³/mol. The molecular formula is C12H20N2O. The largest absolute Gasteiger partial charge is 0.380 e. The van der Waals surface area contributed by atoms with E-state index in [0.717, 1.165) is 26.2 Å². The molecule has 1 atom stereocenters. The van der Waals surface area contributed by atoms with Crippen molar-refractivity contribution >= 4 is 0 Å².